The van der Waals surface area contributed by atoms with E-state index in [0.29, 0.717) is 19.5 Å². The molecule has 0 saturated carbocycles. The molecule has 0 aromatic rings. The van der Waals surface area contributed by atoms with Crippen LogP contribution in [0.5, 0.6) is 0 Å². The Hall–Kier alpha value is -1.10. The summed E-state index contributed by atoms with van der Waals surface area (Å²) in [6.45, 7) is 4.26. The average molecular weight is 202 g/mol. The number of aliphatic carboxylic acids is 1. The van der Waals surface area contributed by atoms with Gasteiger partial charge in [-0.05, 0) is 19.4 Å². The number of amides is 1. The summed E-state index contributed by atoms with van der Waals surface area (Å²) in [7, 11) is 0. The lowest BCUT2D eigenvalue weighted by Crippen LogP contribution is -2.36. The summed E-state index contributed by atoms with van der Waals surface area (Å²) >= 11 is 0. The summed E-state index contributed by atoms with van der Waals surface area (Å²) in [5.41, 5.74) is 5.38. The molecular weight excluding hydrogens is 184 g/mol. The number of nitrogens with two attached hydrogens (primary N) is 1. The summed E-state index contributed by atoms with van der Waals surface area (Å²) in [4.78, 5) is 23.2. The monoisotopic (exact) mass is 202 g/mol. The lowest BCUT2D eigenvalue weighted by molar-refractivity contribution is -0.144. The second-order valence-corrected chi connectivity index (χ2v) is 3.35. The van der Waals surface area contributed by atoms with Gasteiger partial charge in [0.05, 0.1) is 0 Å². The SMILES string of the molecule is CCN(CC(=O)O)C(=O)CC(C)CN. The summed E-state index contributed by atoms with van der Waals surface area (Å²) < 4.78 is 0. The summed E-state index contributed by atoms with van der Waals surface area (Å²) in [5.74, 6) is -1.03. The second kappa shape index (κ2) is 6.37. The lowest BCUT2D eigenvalue weighted by Gasteiger charge is -2.20. The first kappa shape index (κ1) is 12.9. The fourth-order valence-electron chi connectivity index (χ4n) is 1.05. The van der Waals surface area contributed by atoms with E-state index in [2.05, 4.69) is 0 Å². The molecule has 0 saturated heterocycles. The van der Waals surface area contributed by atoms with Crippen LogP contribution in [-0.2, 0) is 9.59 Å². The van der Waals surface area contributed by atoms with Crippen molar-refractivity contribution in [2.75, 3.05) is 19.6 Å². The van der Waals surface area contributed by atoms with Gasteiger partial charge in [-0.15, -0.1) is 0 Å². The van der Waals surface area contributed by atoms with Gasteiger partial charge in [-0.2, -0.15) is 0 Å². The highest BCUT2D eigenvalue weighted by Crippen LogP contribution is 2.03. The van der Waals surface area contributed by atoms with Crippen molar-refractivity contribution in [1.82, 2.24) is 4.90 Å². The number of carboxylic acids is 1. The standard InChI is InChI=1S/C9H18N2O3/c1-3-11(6-9(13)14)8(12)4-7(2)5-10/h7H,3-6,10H2,1-2H3,(H,13,14). The Morgan fingerprint density at radius 2 is 2.07 bits per heavy atom. The van der Waals surface area contributed by atoms with Crippen molar-refractivity contribution in [1.29, 1.82) is 0 Å². The third-order valence-electron chi connectivity index (χ3n) is 1.99. The molecule has 14 heavy (non-hydrogen) atoms. The summed E-state index contributed by atoms with van der Waals surface area (Å²) in [5, 5.41) is 8.54. The van der Waals surface area contributed by atoms with Gasteiger partial charge in [-0.1, -0.05) is 6.92 Å². The predicted molar refractivity (Wildman–Crippen MR) is 52.7 cm³/mol. The Kier molecular flexibility index (Phi) is 5.87. The maximum atomic E-state index is 11.5. The topological polar surface area (TPSA) is 83.6 Å². The summed E-state index contributed by atoms with van der Waals surface area (Å²) in [6, 6.07) is 0. The van der Waals surface area contributed by atoms with Gasteiger partial charge in [-0.3, -0.25) is 9.59 Å². The van der Waals surface area contributed by atoms with Crippen molar-refractivity contribution in [3.63, 3.8) is 0 Å². The number of hydrogen-bond acceptors (Lipinski definition) is 3. The number of carbonyl (C=O) groups excluding carboxylic acids is 1. The van der Waals surface area contributed by atoms with E-state index in [9.17, 15) is 9.59 Å². The molecule has 0 aliphatic rings. The number of rotatable bonds is 6. The maximum absolute atomic E-state index is 11.5. The highest BCUT2D eigenvalue weighted by molar-refractivity contribution is 5.81. The minimum atomic E-state index is -0.986. The Labute approximate surface area is 83.9 Å². The van der Waals surface area contributed by atoms with Gasteiger partial charge in [0.1, 0.15) is 6.54 Å². The van der Waals surface area contributed by atoms with E-state index in [0.717, 1.165) is 0 Å². The Balaban J connectivity index is 4.10. The molecule has 0 radical (unpaired) electrons. The van der Waals surface area contributed by atoms with Gasteiger partial charge in [0, 0.05) is 13.0 Å². The molecular formula is C9H18N2O3. The molecule has 0 aliphatic carbocycles. The van der Waals surface area contributed by atoms with Crippen molar-refractivity contribution in [2.24, 2.45) is 11.7 Å². The molecule has 5 heteroatoms. The van der Waals surface area contributed by atoms with Crippen LogP contribution < -0.4 is 5.73 Å². The molecule has 82 valence electrons. The van der Waals surface area contributed by atoms with Crippen LogP contribution in [0, 0.1) is 5.92 Å². The van der Waals surface area contributed by atoms with Crippen LogP contribution in [0.1, 0.15) is 20.3 Å². The predicted octanol–water partition coefficient (Wildman–Crippen LogP) is -0.0956. The molecule has 0 aromatic heterocycles. The first-order chi connectivity index (χ1) is 6.51. The third kappa shape index (κ3) is 4.81. The van der Waals surface area contributed by atoms with E-state index >= 15 is 0 Å². The average Bonchev–Trinajstić information content (AvgIpc) is 2.13. The number of hydrogen-bond donors (Lipinski definition) is 2. The highest BCUT2D eigenvalue weighted by atomic mass is 16.4. The fourth-order valence-corrected chi connectivity index (χ4v) is 1.05. The quantitative estimate of drug-likeness (QED) is 0.630. The first-order valence-corrected chi connectivity index (χ1v) is 4.70. The van der Waals surface area contributed by atoms with Crippen molar-refractivity contribution in [3.8, 4) is 0 Å². The molecule has 1 amide bonds. The Morgan fingerprint density at radius 3 is 2.43 bits per heavy atom. The molecule has 1 unspecified atom stereocenters. The molecule has 1 atom stereocenters. The highest BCUT2D eigenvalue weighted by Gasteiger charge is 2.16. The van der Waals surface area contributed by atoms with Crippen LogP contribution in [0.4, 0.5) is 0 Å². The normalized spacial score (nSPS) is 12.2. The van der Waals surface area contributed by atoms with E-state index < -0.39 is 5.97 Å². The number of likely N-dealkylation sites (N-methyl/N-ethyl adjacent to an activating group) is 1. The van der Waals surface area contributed by atoms with Crippen molar-refractivity contribution in [3.05, 3.63) is 0 Å². The summed E-state index contributed by atoms with van der Waals surface area (Å²) in [6.07, 6.45) is 0.317. The molecule has 3 N–H and O–H groups in total. The van der Waals surface area contributed by atoms with E-state index in [-0.39, 0.29) is 18.4 Å². The third-order valence-corrected chi connectivity index (χ3v) is 1.99. The smallest absolute Gasteiger partial charge is 0.323 e. The Morgan fingerprint density at radius 1 is 1.50 bits per heavy atom. The van der Waals surface area contributed by atoms with Crippen LogP contribution in [0.3, 0.4) is 0 Å². The molecule has 0 aromatic carbocycles. The maximum Gasteiger partial charge on any atom is 0.323 e. The zero-order valence-corrected chi connectivity index (χ0v) is 8.69. The first-order valence-electron chi connectivity index (χ1n) is 4.70. The van der Waals surface area contributed by atoms with Gasteiger partial charge < -0.3 is 15.7 Å². The van der Waals surface area contributed by atoms with Crippen LogP contribution >= 0.6 is 0 Å². The van der Waals surface area contributed by atoms with Crippen LogP contribution in [0.15, 0.2) is 0 Å². The van der Waals surface area contributed by atoms with Gasteiger partial charge in [0.25, 0.3) is 0 Å². The van der Waals surface area contributed by atoms with Crippen LogP contribution in [-0.4, -0.2) is 41.5 Å². The Bertz CT molecular complexity index is 206. The van der Waals surface area contributed by atoms with Crippen molar-refractivity contribution in [2.45, 2.75) is 20.3 Å². The van der Waals surface area contributed by atoms with Crippen LogP contribution in [0.25, 0.3) is 0 Å². The zero-order chi connectivity index (χ0) is 11.1. The van der Waals surface area contributed by atoms with Gasteiger partial charge >= 0.3 is 5.97 Å². The number of nitrogens with zero attached hydrogens (tertiary/aromatic N) is 1. The minimum Gasteiger partial charge on any atom is -0.480 e. The van der Waals surface area contributed by atoms with Gasteiger partial charge in [0.2, 0.25) is 5.91 Å². The molecule has 0 fully saturated rings. The van der Waals surface area contributed by atoms with Crippen molar-refractivity contribution < 1.29 is 14.7 Å². The molecule has 0 bridgehead atoms. The number of carboxylic acid groups (broad SMARTS) is 1. The molecule has 0 aliphatic heterocycles. The van der Waals surface area contributed by atoms with E-state index in [1.54, 1.807) is 6.92 Å². The zero-order valence-electron chi connectivity index (χ0n) is 8.69. The van der Waals surface area contributed by atoms with E-state index in [4.69, 9.17) is 10.8 Å². The van der Waals surface area contributed by atoms with E-state index in [1.165, 1.54) is 4.90 Å². The lowest BCUT2D eigenvalue weighted by atomic mass is 10.1. The molecule has 0 rings (SSSR count). The molecule has 0 spiro atoms. The largest absolute Gasteiger partial charge is 0.480 e. The minimum absolute atomic E-state index is 0.102. The molecule has 0 heterocycles. The van der Waals surface area contributed by atoms with Crippen molar-refractivity contribution >= 4 is 11.9 Å². The van der Waals surface area contributed by atoms with Crippen LogP contribution in [0.2, 0.25) is 0 Å². The van der Waals surface area contributed by atoms with Gasteiger partial charge in [-0.25, -0.2) is 0 Å². The second-order valence-electron chi connectivity index (χ2n) is 3.35. The van der Waals surface area contributed by atoms with Gasteiger partial charge in [0.15, 0.2) is 0 Å². The number of carbonyl (C=O) groups is 2. The molecule has 5 nitrogen and oxygen atoms in total. The fraction of sp³-hybridized carbons (Fsp3) is 0.778. The van der Waals surface area contributed by atoms with E-state index in [1.807, 2.05) is 6.92 Å².